The zero-order valence-electron chi connectivity index (χ0n) is 12.0. The summed E-state index contributed by atoms with van der Waals surface area (Å²) >= 11 is 5.89. The minimum absolute atomic E-state index is 0.606. The molecule has 1 aromatic carbocycles. The number of anilines is 1. The lowest BCUT2D eigenvalue weighted by Gasteiger charge is -2.33. The second-order valence-electron chi connectivity index (χ2n) is 5.46. The summed E-state index contributed by atoms with van der Waals surface area (Å²) in [5.41, 5.74) is 1.49. The van der Waals surface area contributed by atoms with Crippen molar-refractivity contribution in [2.75, 3.05) is 25.0 Å². The summed E-state index contributed by atoms with van der Waals surface area (Å²) in [6.45, 7) is 5.56. The summed E-state index contributed by atoms with van der Waals surface area (Å²) in [7, 11) is 0. The molecule has 0 aromatic heterocycles. The molecule has 0 bridgehead atoms. The van der Waals surface area contributed by atoms with E-state index < -0.39 is 0 Å². The Morgan fingerprint density at radius 1 is 1.45 bits per heavy atom. The highest BCUT2D eigenvalue weighted by Crippen LogP contribution is 2.20. The van der Waals surface area contributed by atoms with E-state index in [1.807, 2.05) is 12.1 Å². The van der Waals surface area contributed by atoms with Gasteiger partial charge in [0, 0.05) is 24.2 Å². The van der Waals surface area contributed by atoms with Crippen molar-refractivity contribution in [2.24, 2.45) is 0 Å². The summed E-state index contributed by atoms with van der Waals surface area (Å²) in [5.74, 6) is 0. The maximum absolute atomic E-state index is 9.08. The number of benzene rings is 1. The van der Waals surface area contributed by atoms with Crippen LogP contribution in [0, 0.1) is 11.3 Å². The summed E-state index contributed by atoms with van der Waals surface area (Å²) in [4.78, 5) is 2.57. The Labute approximate surface area is 126 Å². The van der Waals surface area contributed by atoms with Gasteiger partial charge < -0.3 is 10.2 Å². The molecule has 3 nitrogen and oxygen atoms in total. The topological polar surface area (TPSA) is 39.1 Å². The minimum Gasteiger partial charge on any atom is -0.384 e. The van der Waals surface area contributed by atoms with Crippen LogP contribution in [0.3, 0.4) is 0 Å². The summed E-state index contributed by atoms with van der Waals surface area (Å²) in [5, 5.41) is 13.0. The van der Waals surface area contributed by atoms with E-state index in [0.717, 1.165) is 25.2 Å². The van der Waals surface area contributed by atoms with Gasteiger partial charge in [-0.05, 0) is 50.9 Å². The highest BCUT2D eigenvalue weighted by molar-refractivity contribution is 6.30. The molecule has 108 valence electrons. The maximum Gasteiger partial charge on any atom is 0.101 e. The molecule has 1 N–H and O–H groups in total. The monoisotopic (exact) mass is 291 g/mol. The van der Waals surface area contributed by atoms with Gasteiger partial charge in [0.2, 0.25) is 0 Å². The largest absolute Gasteiger partial charge is 0.384 e. The van der Waals surface area contributed by atoms with Crippen molar-refractivity contribution in [3.63, 3.8) is 0 Å². The fourth-order valence-corrected chi connectivity index (χ4v) is 2.93. The molecular weight excluding hydrogens is 270 g/mol. The molecule has 1 fully saturated rings. The van der Waals surface area contributed by atoms with Gasteiger partial charge in [0.05, 0.1) is 11.3 Å². The Hall–Kier alpha value is -1.24. The Kier molecular flexibility index (Phi) is 5.70. The zero-order valence-corrected chi connectivity index (χ0v) is 12.8. The van der Waals surface area contributed by atoms with Gasteiger partial charge in [-0.25, -0.2) is 0 Å². The molecule has 1 aliphatic heterocycles. The van der Waals surface area contributed by atoms with Gasteiger partial charge in [-0.15, -0.1) is 0 Å². The molecule has 1 saturated heterocycles. The first-order chi connectivity index (χ1) is 9.70. The molecule has 0 amide bonds. The van der Waals surface area contributed by atoms with Crippen molar-refractivity contribution in [3.05, 3.63) is 28.8 Å². The number of hydrogen-bond acceptors (Lipinski definition) is 3. The second kappa shape index (κ2) is 7.52. The van der Waals surface area contributed by atoms with Gasteiger partial charge >= 0.3 is 0 Å². The van der Waals surface area contributed by atoms with Crippen LogP contribution in [0.1, 0.15) is 38.2 Å². The first kappa shape index (κ1) is 15.2. The van der Waals surface area contributed by atoms with Gasteiger partial charge in [0.25, 0.3) is 0 Å². The normalized spacial score (nSPS) is 19.6. The molecule has 1 unspecified atom stereocenters. The van der Waals surface area contributed by atoms with E-state index in [1.54, 1.807) is 6.07 Å². The van der Waals surface area contributed by atoms with Crippen molar-refractivity contribution >= 4 is 17.3 Å². The predicted octanol–water partition coefficient (Wildman–Crippen LogP) is 3.89. The number of hydrogen-bond donors (Lipinski definition) is 1. The lowest BCUT2D eigenvalue weighted by molar-refractivity contribution is 0.160. The summed E-state index contributed by atoms with van der Waals surface area (Å²) in [6.07, 6.45) is 5.11. The molecular formula is C16H22ClN3. The molecule has 0 saturated carbocycles. The van der Waals surface area contributed by atoms with Crippen LogP contribution in [-0.2, 0) is 0 Å². The van der Waals surface area contributed by atoms with E-state index in [0.29, 0.717) is 16.6 Å². The van der Waals surface area contributed by atoms with Crippen molar-refractivity contribution in [2.45, 2.75) is 38.6 Å². The molecule has 1 heterocycles. The number of halogens is 1. The molecule has 1 atom stereocenters. The minimum atomic E-state index is 0.606. The van der Waals surface area contributed by atoms with Crippen molar-refractivity contribution in [1.29, 1.82) is 5.26 Å². The number of rotatable bonds is 5. The number of likely N-dealkylation sites (tertiary alicyclic amines) is 1. The average Bonchev–Trinajstić information content (AvgIpc) is 2.46. The first-order valence-corrected chi connectivity index (χ1v) is 7.76. The number of piperidine rings is 1. The molecule has 0 aliphatic carbocycles. The highest BCUT2D eigenvalue weighted by atomic mass is 35.5. The van der Waals surface area contributed by atoms with Gasteiger partial charge in [-0.2, -0.15) is 5.26 Å². The van der Waals surface area contributed by atoms with Crippen molar-refractivity contribution in [3.8, 4) is 6.07 Å². The third-order valence-corrected chi connectivity index (χ3v) is 4.22. The zero-order chi connectivity index (χ0) is 14.4. The Morgan fingerprint density at radius 2 is 2.30 bits per heavy atom. The van der Waals surface area contributed by atoms with E-state index in [-0.39, 0.29) is 0 Å². The number of nitrogens with one attached hydrogen (secondary N) is 1. The lowest BCUT2D eigenvalue weighted by Crippen LogP contribution is -2.38. The van der Waals surface area contributed by atoms with E-state index in [9.17, 15) is 0 Å². The molecule has 1 aliphatic rings. The van der Waals surface area contributed by atoms with Gasteiger partial charge in [-0.1, -0.05) is 18.0 Å². The van der Waals surface area contributed by atoms with Crippen molar-refractivity contribution in [1.82, 2.24) is 4.90 Å². The smallest absolute Gasteiger partial charge is 0.101 e. The van der Waals surface area contributed by atoms with E-state index in [2.05, 4.69) is 23.2 Å². The van der Waals surface area contributed by atoms with Crippen LogP contribution < -0.4 is 5.32 Å². The molecule has 0 spiro atoms. The molecule has 20 heavy (non-hydrogen) atoms. The Balaban J connectivity index is 1.77. The van der Waals surface area contributed by atoms with Crippen LogP contribution in [-0.4, -0.2) is 30.6 Å². The van der Waals surface area contributed by atoms with E-state index in [4.69, 9.17) is 16.9 Å². The van der Waals surface area contributed by atoms with Gasteiger partial charge in [0.1, 0.15) is 6.07 Å². The third-order valence-electron chi connectivity index (χ3n) is 3.98. The second-order valence-corrected chi connectivity index (χ2v) is 5.90. The number of nitrogens with zero attached hydrogens (tertiary/aromatic N) is 2. The van der Waals surface area contributed by atoms with Crippen LogP contribution in [0.5, 0.6) is 0 Å². The Bertz CT molecular complexity index is 481. The van der Waals surface area contributed by atoms with E-state index in [1.165, 1.54) is 25.8 Å². The molecule has 4 heteroatoms. The molecule has 2 rings (SSSR count). The van der Waals surface area contributed by atoms with Gasteiger partial charge in [-0.3, -0.25) is 0 Å². The standard InChI is InChI=1S/C16H22ClN3/c1-13-5-2-3-9-20(13)10-4-8-19-16-7-6-15(17)11-14(16)12-18/h6-7,11,13,19H,2-5,8-10H2,1H3. The molecule has 0 radical (unpaired) electrons. The van der Waals surface area contributed by atoms with Crippen LogP contribution in [0.15, 0.2) is 18.2 Å². The van der Waals surface area contributed by atoms with Crippen LogP contribution in [0.2, 0.25) is 5.02 Å². The summed E-state index contributed by atoms with van der Waals surface area (Å²) < 4.78 is 0. The maximum atomic E-state index is 9.08. The highest BCUT2D eigenvalue weighted by Gasteiger charge is 2.17. The Morgan fingerprint density at radius 3 is 3.05 bits per heavy atom. The van der Waals surface area contributed by atoms with Crippen LogP contribution in [0.25, 0.3) is 0 Å². The first-order valence-electron chi connectivity index (χ1n) is 7.38. The average molecular weight is 292 g/mol. The predicted molar refractivity (Wildman–Crippen MR) is 84.2 cm³/mol. The SMILES string of the molecule is CC1CCCCN1CCCNc1ccc(Cl)cc1C#N. The number of nitriles is 1. The van der Waals surface area contributed by atoms with Crippen LogP contribution >= 0.6 is 11.6 Å². The van der Waals surface area contributed by atoms with Crippen molar-refractivity contribution < 1.29 is 0 Å². The fourth-order valence-electron chi connectivity index (χ4n) is 2.76. The fraction of sp³-hybridized carbons (Fsp3) is 0.562. The van der Waals surface area contributed by atoms with E-state index >= 15 is 0 Å². The lowest BCUT2D eigenvalue weighted by atomic mass is 10.0. The summed E-state index contributed by atoms with van der Waals surface area (Å²) in [6, 6.07) is 8.29. The third kappa shape index (κ3) is 4.13. The van der Waals surface area contributed by atoms with Crippen LogP contribution in [0.4, 0.5) is 5.69 Å². The molecule has 1 aromatic rings. The quantitative estimate of drug-likeness (QED) is 0.837. The van der Waals surface area contributed by atoms with Gasteiger partial charge in [0.15, 0.2) is 0 Å².